The van der Waals surface area contributed by atoms with Gasteiger partial charge < -0.3 is 19.8 Å². The van der Waals surface area contributed by atoms with E-state index < -0.39 is 11.6 Å². The summed E-state index contributed by atoms with van der Waals surface area (Å²) in [5, 5.41) is 1.11. The maximum atomic E-state index is 13.9. The molecule has 2 heterocycles. The average molecular weight is 440 g/mol. The monoisotopic (exact) mass is 439 g/mol. The molecular weight excluding hydrogens is 417 g/mol. The topological polar surface area (TPSA) is 53.8 Å². The standard InChI is InChI=1S/C24H23ClFN3O2/c1-14-11-21-17(12-20(14)28-2)18(16-3-4-19(26)23(27)22(16)25)13-29(21)15-5-7-24(8-6-15)30-9-10-31-24/h3-4,11-13,15H,5-10,27H2,1H3. The average Bonchev–Trinajstić information content (AvgIpc) is 3.37. The molecule has 2 aromatic carbocycles. The van der Waals surface area contributed by atoms with Crippen molar-refractivity contribution >= 4 is 33.9 Å². The van der Waals surface area contributed by atoms with Crippen molar-refractivity contribution in [3.8, 4) is 11.1 Å². The largest absolute Gasteiger partial charge is 0.395 e. The molecule has 2 fully saturated rings. The Morgan fingerprint density at radius 3 is 2.58 bits per heavy atom. The summed E-state index contributed by atoms with van der Waals surface area (Å²) < 4.78 is 28.0. The van der Waals surface area contributed by atoms with Crippen LogP contribution >= 0.6 is 11.6 Å². The smallest absolute Gasteiger partial charge is 0.190 e. The molecule has 0 amide bonds. The van der Waals surface area contributed by atoms with E-state index in [-0.39, 0.29) is 16.8 Å². The molecule has 1 spiro atoms. The van der Waals surface area contributed by atoms with Gasteiger partial charge in [0.05, 0.1) is 30.5 Å². The Kier molecular flexibility index (Phi) is 4.93. The van der Waals surface area contributed by atoms with Gasteiger partial charge in [0.1, 0.15) is 5.82 Å². The molecule has 5 nitrogen and oxygen atoms in total. The van der Waals surface area contributed by atoms with Crippen LogP contribution in [0.2, 0.25) is 5.02 Å². The van der Waals surface area contributed by atoms with Gasteiger partial charge in [0.15, 0.2) is 11.5 Å². The SMILES string of the molecule is [C-]#[N+]c1cc2c(-c3ccc(F)c(N)c3Cl)cn(C3CCC4(CC3)OCCO4)c2cc1C. The quantitative estimate of drug-likeness (QED) is 0.371. The molecular formula is C24H23ClFN3O2. The first-order chi connectivity index (χ1) is 14.9. The Morgan fingerprint density at radius 1 is 1.19 bits per heavy atom. The van der Waals surface area contributed by atoms with Crippen LogP contribution in [0.4, 0.5) is 15.8 Å². The van der Waals surface area contributed by atoms with Gasteiger partial charge in [-0.2, -0.15) is 0 Å². The number of nitrogens with zero attached hydrogens (tertiary/aromatic N) is 2. The third-order valence-corrected chi connectivity index (χ3v) is 7.02. The van der Waals surface area contributed by atoms with Crippen LogP contribution in [-0.2, 0) is 9.47 Å². The molecule has 31 heavy (non-hydrogen) atoms. The van der Waals surface area contributed by atoms with Gasteiger partial charge in [-0.25, -0.2) is 9.24 Å². The van der Waals surface area contributed by atoms with Crippen LogP contribution in [0.25, 0.3) is 26.9 Å². The lowest BCUT2D eigenvalue weighted by Crippen LogP contribution is -2.35. The third kappa shape index (κ3) is 3.28. The molecule has 1 saturated carbocycles. The number of hydrogen-bond acceptors (Lipinski definition) is 3. The summed E-state index contributed by atoms with van der Waals surface area (Å²) in [5.41, 5.74) is 9.88. The molecule has 0 bridgehead atoms. The van der Waals surface area contributed by atoms with E-state index in [0.717, 1.165) is 47.7 Å². The summed E-state index contributed by atoms with van der Waals surface area (Å²) in [6, 6.07) is 7.21. The van der Waals surface area contributed by atoms with Crippen LogP contribution in [0, 0.1) is 19.3 Å². The number of hydrogen-bond donors (Lipinski definition) is 1. The molecule has 2 N–H and O–H groups in total. The Balaban J connectivity index is 1.64. The van der Waals surface area contributed by atoms with E-state index in [1.165, 1.54) is 6.07 Å². The molecule has 1 aromatic heterocycles. The maximum absolute atomic E-state index is 13.9. The van der Waals surface area contributed by atoms with E-state index in [9.17, 15) is 4.39 Å². The highest BCUT2D eigenvalue weighted by molar-refractivity contribution is 6.36. The number of rotatable bonds is 2. The van der Waals surface area contributed by atoms with Crippen LogP contribution in [0.1, 0.15) is 37.3 Å². The van der Waals surface area contributed by atoms with Crippen LogP contribution in [-0.4, -0.2) is 23.6 Å². The summed E-state index contributed by atoms with van der Waals surface area (Å²) in [4.78, 5) is 3.67. The molecule has 1 aliphatic heterocycles. The fraction of sp³-hybridized carbons (Fsp3) is 0.375. The van der Waals surface area contributed by atoms with Crippen molar-refractivity contribution in [2.45, 2.75) is 44.4 Å². The van der Waals surface area contributed by atoms with E-state index in [0.29, 0.717) is 24.5 Å². The lowest BCUT2D eigenvalue weighted by Gasteiger charge is -2.36. The number of nitrogens with two attached hydrogens (primary N) is 1. The first-order valence-electron chi connectivity index (χ1n) is 10.5. The molecule has 7 heteroatoms. The molecule has 5 rings (SSSR count). The van der Waals surface area contributed by atoms with Crippen LogP contribution in [0.3, 0.4) is 0 Å². The zero-order valence-electron chi connectivity index (χ0n) is 17.3. The van der Waals surface area contributed by atoms with Crippen molar-refractivity contribution in [3.05, 3.63) is 58.3 Å². The lowest BCUT2D eigenvalue weighted by atomic mass is 9.90. The van der Waals surface area contributed by atoms with Crippen molar-refractivity contribution < 1.29 is 13.9 Å². The van der Waals surface area contributed by atoms with Crippen molar-refractivity contribution in [1.82, 2.24) is 4.57 Å². The highest BCUT2D eigenvalue weighted by atomic mass is 35.5. The number of anilines is 1. The summed E-state index contributed by atoms with van der Waals surface area (Å²) in [5.74, 6) is -0.964. The van der Waals surface area contributed by atoms with Gasteiger partial charge in [-0.3, -0.25) is 0 Å². The lowest BCUT2D eigenvalue weighted by molar-refractivity contribution is -0.181. The molecule has 1 aliphatic carbocycles. The van der Waals surface area contributed by atoms with Crippen LogP contribution < -0.4 is 5.73 Å². The molecule has 2 aliphatic rings. The number of fused-ring (bicyclic) bond motifs is 1. The minimum Gasteiger partial charge on any atom is -0.395 e. The summed E-state index contributed by atoms with van der Waals surface area (Å²) in [6.45, 7) is 10.8. The van der Waals surface area contributed by atoms with Gasteiger partial charge in [0.25, 0.3) is 0 Å². The molecule has 0 unspecified atom stereocenters. The summed E-state index contributed by atoms with van der Waals surface area (Å²) in [7, 11) is 0. The van der Waals surface area contributed by atoms with Crippen molar-refractivity contribution in [1.29, 1.82) is 0 Å². The Bertz CT molecular complexity index is 1210. The van der Waals surface area contributed by atoms with Crippen molar-refractivity contribution in [2.75, 3.05) is 18.9 Å². The zero-order valence-corrected chi connectivity index (χ0v) is 18.0. The highest BCUT2D eigenvalue weighted by Gasteiger charge is 2.41. The van der Waals surface area contributed by atoms with Gasteiger partial charge >= 0.3 is 0 Å². The summed E-state index contributed by atoms with van der Waals surface area (Å²) in [6.07, 6.45) is 5.60. The second kappa shape index (κ2) is 7.52. The fourth-order valence-electron chi connectivity index (χ4n) is 4.91. The number of halogens is 2. The first-order valence-corrected chi connectivity index (χ1v) is 10.8. The van der Waals surface area contributed by atoms with E-state index in [1.807, 2.05) is 13.0 Å². The third-order valence-electron chi connectivity index (χ3n) is 6.61. The van der Waals surface area contributed by atoms with Crippen LogP contribution in [0.15, 0.2) is 30.5 Å². The van der Waals surface area contributed by atoms with E-state index in [2.05, 4.69) is 21.7 Å². The Hall–Kier alpha value is -2.59. The van der Waals surface area contributed by atoms with E-state index in [4.69, 9.17) is 33.4 Å². The molecule has 1 saturated heterocycles. The molecule has 3 aromatic rings. The van der Waals surface area contributed by atoms with E-state index >= 15 is 0 Å². The van der Waals surface area contributed by atoms with Crippen LogP contribution in [0.5, 0.6) is 0 Å². The fourth-order valence-corrected chi connectivity index (χ4v) is 5.16. The van der Waals surface area contributed by atoms with Gasteiger partial charge in [-0.1, -0.05) is 11.6 Å². The maximum Gasteiger partial charge on any atom is 0.190 e. The molecule has 160 valence electrons. The second-order valence-corrected chi connectivity index (χ2v) is 8.76. The number of ether oxygens (including phenoxy) is 2. The molecule has 0 radical (unpaired) electrons. The van der Waals surface area contributed by atoms with Gasteiger partial charge in [0, 0.05) is 41.7 Å². The first kappa shape index (κ1) is 20.3. The minimum atomic E-state index is -0.538. The van der Waals surface area contributed by atoms with Crippen molar-refractivity contribution in [2.24, 2.45) is 0 Å². The second-order valence-electron chi connectivity index (χ2n) is 8.38. The predicted octanol–water partition coefficient (Wildman–Crippen LogP) is 6.40. The normalized spacial score (nSPS) is 18.6. The van der Waals surface area contributed by atoms with Gasteiger partial charge in [-0.15, -0.1) is 0 Å². The van der Waals surface area contributed by atoms with Gasteiger partial charge in [-0.05, 0) is 55.0 Å². The predicted molar refractivity (Wildman–Crippen MR) is 120 cm³/mol. The highest BCUT2D eigenvalue weighted by Crippen LogP contribution is 2.45. The Morgan fingerprint density at radius 2 is 1.90 bits per heavy atom. The minimum absolute atomic E-state index is 0.0623. The number of nitrogen functional groups attached to an aromatic ring is 1. The summed E-state index contributed by atoms with van der Waals surface area (Å²) >= 11 is 6.45. The Labute approximate surface area is 185 Å². The van der Waals surface area contributed by atoms with E-state index in [1.54, 1.807) is 6.07 Å². The van der Waals surface area contributed by atoms with Gasteiger partial charge in [0.2, 0.25) is 0 Å². The number of aryl methyl sites for hydroxylation is 1. The molecule has 0 atom stereocenters. The number of aromatic nitrogens is 1. The number of benzene rings is 2. The zero-order chi connectivity index (χ0) is 21.8. The van der Waals surface area contributed by atoms with Crippen molar-refractivity contribution in [3.63, 3.8) is 0 Å².